The number of hydrogen-bond donors (Lipinski definition) is 2. The fourth-order valence-electron chi connectivity index (χ4n) is 2.27. The number of ether oxygens (including phenoxy) is 1. The van der Waals surface area contributed by atoms with Crippen LogP contribution in [0.4, 0.5) is 5.95 Å². The molecule has 0 aliphatic rings. The minimum atomic E-state index is 0.0284. The predicted molar refractivity (Wildman–Crippen MR) is 94.1 cm³/mol. The molecular weight excluding hydrogens is 304 g/mol. The average Bonchev–Trinajstić information content (AvgIpc) is 2.61. The van der Waals surface area contributed by atoms with Crippen LogP contribution in [0.5, 0.6) is 5.75 Å². The molecule has 6 nitrogen and oxygen atoms in total. The fraction of sp³-hybridized carbons (Fsp3) is 0.389. The summed E-state index contributed by atoms with van der Waals surface area (Å²) in [5.74, 6) is 1.42. The van der Waals surface area contributed by atoms with E-state index in [1.54, 1.807) is 25.6 Å². The predicted octanol–water partition coefficient (Wildman–Crippen LogP) is 2.42. The molecule has 1 aromatic heterocycles. The third-order valence-corrected chi connectivity index (χ3v) is 3.63. The number of aryl methyl sites for hydroxylation is 1. The van der Waals surface area contributed by atoms with E-state index in [0.29, 0.717) is 18.9 Å². The second-order valence-corrected chi connectivity index (χ2v) is 5.60. The first-order valence-electron chi connectivity index (χ1n) is 8.10. The monoisotopic (exact) mass is 328 g/mol. The molecule has 1 amide bonds. The van der Waals surface area contributed by atoms with Gasteiger partial charge in [-0.2, -0.15) is 0 Å². The first-order valence-corrected chi connectivity index (χ1v) is 8.10. The van der Waals surface area contributed by atoms with Crippen molar-refractivity contribution < 1.29 is 9.53 Å². The van der Waals surface area contributed by atoms with Crippen molar-refractivity contribution in [2.75, 3.05) is 19.0 Å². The average molecular weight is 328 g/mol. The molecule has 1 atom stereocenters. The van der Waals surface area contributed by atoms with Gasteiger partial charge in [0.1, 0.15) is 5.75 Å². The Morgan fingerprint density at radius 3 is 2.58 bits per heavy atom. The number of carbonyl (C=O) groups excluding carboxylic acids is 1. The minimum absolute atomic E-state index is 0.0284. The van der Waals surface area contributed by atoms with Gasteiger partial charge in [0.25, 0.3) is 0 Å². The van der Waals surface area contributed by atoms with Crippen LogP contribution in [0.15, 0.2) is 42.7 Å². The number of benzene rings is 1. The van der Waals surface area contributed by atoms with Crippen molar-refractivity contribution in [3.05, 3.63) is 48.3 Å². The molecule has 2 aromatic rings. The van der Waals surface area contributed by atoms with E-state index < -0.39 is 0 Å². The molecule has 1 aromatic carbocycles. The SMILES string of the molecule is COc1ccc(CC[C@H](C)NC(=O)CCNc2ncccn2)cc1. The Hall–Kier alpha value is -2.63. The molecule has 0 saturated carbocycles. The van der Waals surface area contributed by atoms with Crippen LogP contribution in [0.1, 0.15) is 25.3 Å². The number of aromatic nitrogens is 2. The second-order valence-electron chi connectivity index (χ2n) is 5.60. The minimum Gasteiger partial charge on any atom is -0.497 e. The molecule has 1 heterocycles. The zero-order valence-electron chi connectivity index (χ0n) is 14.2. The van der Waals surface area contributed by atoms with Crippen molar-refractivity contribution in [1.29, 1.82) is 0 Å². The van der Waals surface area contributed by atoms with Crippen LogP contribution in [0.3, 0.4) is 0 Å². The molecule has 0 fully saturated rings. The zero-order chi connectivity index (χ0) is 17.2. The number of nitrogens with zero attached hydrogens (tertiary/aromatic N) is 2. The molecule has 128 valence electrons. The van der Waals surface area contributed by atoms with Crippen LogP contribution < -0.4 is 15.4 Å². The van der Waals surface area contributed by atoms with Crippen molar-refractivity contribution in [2.24, 2.45) is 0 Å². The number of anilines is 1. The maximum Gasteiger partial charge on any atom is 0.222 e. The van der Waals surface area contributed by atoms with Crippen molar-refractivity contribution >= 4 is 11.9 Å². The maximum atomic E-state index is 11.9. The fourth-order valence-corrected chi connectivity index (χ4v) is 2.27. The highest BCUT2D eigenvalue weighted by atomic mass is 16.5. The van der Waals surface area contributed by atoms with Gasteiger partial charge in [-0.05, 0) is 43.5 Å². The Morgan fingerprint density at radius 1 is 1.21 bits per heavy atom. The largest absolute Gasteiger partial charge is 0.497 e. The lowest BCUT2D eigenvalue weighted by Crippen LogP contribution is -2.33. The molecule has 6 heteroatoms. The lowest BCUT2D eigenvalue weighted by atomic mass is 10.1. The highest BCUT2D eigenvalue weighted by Crippen LogP contribution is 2.13. The summed E-state index contributed by atoms with van der Waals surface area (Å²) in [7, 11) is 1.66. The zero-order valence-corrected chi connectivity index (χ0v) is 14.2. The summed E-state index contributed by atoms with van der Waals surface area (Å²) in [6.45, 7) is 2.54. The van der Waals surface area contributed by atoms with Crippen LogP contribution >= 0.6 is 0 Å². The summed E-state index contributed by atoms with van der Waals surface area (Å²) in [5, 5.41) is 6.04. The Bertz CT molecular complexity index is 617. The summed E-state index contributed by atoms with van der Waals surface area (Å²) in [5.41, 5.74) is 1.24. The van der Waals surface area contributed by atoms with Gasteiger partial charge in [-0.3, -0.25) is 4.79 Å². The quantitative estimate of drug-likeness (QED) is 0.739. The third kappa shape index (κ3) is 6.24. The van der Waals surface area contributed by atoms with E-state index >= 15 is 0 Å². The van der Waals surface area contributed by atoms with E-state index in [0.717, 1.165) is 18.6 Å². The molecule has 0 aliphatic heterocycles. The third-order valence-electron chi connectivity index (χ3n) is 3.63. The van der Waals surface area contributed by atoms with Crippen molar-refractivity contribution in [1.82, 2.24) is 15.3 Å². The normalized spacial score (nSPS) is 11.6. The van der Waals surface area contributed by atoms with E-state index in [9.17, 15) is 4.79 Å². The standard InChI is InChI=1S/C18H24N4O2/c1-14(4-5-15-6-8-16(24-2)9-7-15)22-17(23)10-13-21-18-19-11-3-12-20-18/h3,6-9,11-12,14H,4-5,10,13H2,1-2H3,(H,22,23)(H,19,20,21)/t14-/m0/s1. The van der Waals surface area contributed by atoms with E-state index in [-0.39, 0.29) is 11.9 Å². The van der Waals surface area contributed by atoms with Gasteiger partial charge in [-0.25, -0.2) is 9.97 Å². The van der Waals surface area contributed by atoms with Gasteiger partial charge in [-0.1, -0.05) is 12.1 Å². The molecule has 0 aliphatic carbocycles. The molecule has 0 bridgehead atoms. The molecule has 0 saturated heterocycles. The number of rotatable bonds is 9. The van der Waals surface area contributed by atoms with Gasteiger partial charge in [0, 0.05) is 31.4 Å². The van der Waals surface area contributed by atoms with E-state index in [4.69, 9.17) is 4.74 Å². The van der Waals surface area contributed by atoms with E-state index in [1.165, 1.54) is 5.56 Å². The molecule has 2 N–H and O–H groups in total. The summed E-state index contributed by atoms with van der Waals surface area (Å²) in [6, 6.07) is 9.90. The van der Waals surface area contributed by atoms with Gasteiger partial charge < -0.3 is 15.4 Å². The molecule has 0 radical (unpaired) electrons. The summed E-state index contributed by atoms with van der Waals surface area (Å²) >= 11 is 0. The smallest absolute Gasteiger partial charge is 0.222 e. The number of nitrogens with one attached hydrogen (secondary N) is 2. The van der Waals surface area contributed by atoms with Crippen LogP contribution in [0.25, 0.3) is 0 Å². The number of amides is 1. The van der Waals surface area contributed by atoms with Crippen LogP contribution in [-0.4, -0.2) is 35.6 Å². The summed E-state index contributed by atoms with van der Waals surface area (Å²) in [6.07, 6.45) is 5.53. The molecule has 2 rings (SSSR count). The lowest BCUT2D eigenvalue weighted by Gasteiger charge is -2.14. The van der Waals surface area contributed by atoms with Crippen molar-refractivity contribution in [2.45, 2.75) is 32.2 Å². The lowest BCUT2D eigenvalue weighted by molar-refractivity contribution is -0.121. The van der Waals surface area contributed by atoms with Gasteiger partial charge in [-0.15, -0.1) is 0 Å². The molecule has 0 spiro atoms. The second kappa shape index (κ2) is 9.50. The highest BCUT2D eigenvalue weighted by Gasteiger charge is 2.08. The number of hydrogen-bond acceptors (Lipinski definition) is 5. The van der Waals surface area contributed by atoms with Gasteiger partial charge in [0.05, 0.1) is 7.11 Å². The Balaban J connectivity index is 1.63. The summed E-state index contributed by atoms with van der Waals surface area (Å²) < 4.78 is 5.15. The maximum absolute atomic E-state index is 11.9. The van der Waals surface area contributed by atoms with Gasteiger partial charge in [0.2, 0.25) is 11.9 Å². The molecule has 24 heavy (non-hydrogen) atoms. The summed E-state index contributed by atoms with van der Waals surface area (Å²) in [4.78, 5) is 20.0. The van der Waals surface area contributed by atoms with Crippen molar-refractivity contribution in [3.8, 4) is 5.75 Å². The number of carbonyl (C=O) groups is 1. The van der Waals surface area contributed by atoms with Gasteiger partial charge >= 0.3 is 0 Å². The van der Waals surface area contributed by atoms with E-state index in [1.807, 2.05) is 19.1 Å². The topological polar surface area (TPSA) is 76.1 Å². The van der Waals surface area contributed by atoms with Crippen LogP contribution in [-0.2, 0) is 11.2 Å². The molecule has 0 unspecified atom stereocenters. The molecular formula is C18H24N4O2. The highest BCUT2D eigenvalue weighted by molar-refractivity contribution is 5.76. The first kappa shape index (κ1) is 17.7. The van der Waals surface area contributed by atoms with Crippen molar-refractivity contribution in [3.63, 3.8) is 0 Å². The number of methoxy groups -OCH3 is 1. The Labute approximate surface area is 142 Å². The van der Waals surface area contributed by atoms with Gasteiger partial charge in [0.15, 0.2) is 0 Å². The van der Waals surface area contributed by atoms with E-state index in [2.05, 4.69) is 32.7 Å². The van der Waals surface area contributed by atoms with Crippen LogP contribution in [0.2, 0.25) is 0 Å². The first-order chi connectivity index (χ1) is 11.7. The van der Waals surface area contributed by atoms with Crippen LogP contribution in [0, 0.1) is 0 Å². The Kier molecular flexibility index (Phi) is 7.01. The Morgan fingerprint density at radius 2 is 1.92 bits per heavy atom.